The summed E-state index contributed by atoms with van der Waals surface area (Å²) in [6.45, 7) is 0. The second kappa shape index (κ2) is 4.06. The minimum absolute atomic E-state index is 0.390. The van der Waals surface area contributed by atoms with Crippen molar-refractivity contribution in [1.29, 1.82) is 0 Å². The van der Waals surface area contributed by atoms with Crippen LogP contribution >= 0.6 is 47.0 Å². The summed E-state index contributed by atoms with van der Waals surface area (Å²) in [5, 5.41) is 0. The van der Waals surface area contributed by atoms with Crippen LogP contribution in [0.25, 0.3) is 0 Å². The van der Waals surface area contributed by atoms with Gasteiger partial charge in [-0.1, -0.05) is 24.3 Å². The van der Waals surface area contributed by atoms with Crippen LogP contribution in [0.5, 0.6) is 0 Å². The Bertz CT molecular complexity index is 403. The Kier molecular flexibility index (Phi) is 2.73. The molecule has 0 radical (unpaired) electrons. The zero-order valence-electron chi connectivity index (χ0n) is 9.48. The topological polar surface area (TPSA) is 0 Å². The summed E-state index contributed by atoms with van der Waals surface area (Å²) >= 11 is 8.77. The van der Waals surface area contributed by atoms with Gasteiger partial charge in [-0.25, -0.2) is 0 Å². The third-order valence-electron chi connectivity index (χ3n) is 3.72. The first kappa shape index (κ1) is 11.4. The second-order valence-electron chi connectivity index (χ2n) is 4.62. The highest BCUT2D eigenvalue weighted by atomic mass is 32.2. The van der Waals surface area contributed by atoms with Crippen LogP contribution in [0.3, 0.4) is 0 Å². The van der Waals surface area contributed by atoms with E-state index in [2.05, 4.69) is 71.3 Å². The number of rotatable bonds is 0. The van der Waals surface area contributed by atoms with Gasteiger partial charge in [0.15, 0.2) is 0 Å². The predicted octanol–water partition coefficient (Wildman–Crippen LogP) is 4.36. The van der Waals surface area contributed by atoms with E-state index in [0.29, 0.717) is 8.16 Å². The maximum absolute atomic E-state index is 2.38. The van der Waals surface area contributed by atoms with Crippen LogP contribution in [0.15, 0.2) is 24.3 Å². The molecule has 0 unspecified atom stereocenters. The van der Waals surface area contributed by atoms with Gasteiger partial charge in [-0.15, -0.1) is 47.0 Å². The molecule has 17 heavy (non-hydrogen) atoms. The average molecular weight is 299 g/mol. The number of thioether (sulfide) groups is 4. The van der Waals surface area contributed by atoms with E-state index in [4.69, 9.17) is 0 Å². The first-order chi connectivity index (χ1) is 8.35. The van der Waals surface area contributed by atoms with Gasteiger partial charge in [0.2, 0.25) is 0 Å². The van der Waals surface area contributed by atoms with E-state index in [-0.39, 0.29) is 0 Å². The Morgan fingerprint density at radius 3 is 1.53 bits per heavy atom. The van der Waals surface area contributed by atoms with Crippen molar-refractivity contribution in [1.82, 2.24) is 0 Å². The molecule has 1 aliphatic carbocycles. The molecule has 0 N–H and O–H groups in total. The van der Waals surface area contributed by atoms with E-state index in [1.165, 1.54) is 29.4 Å². The van der Waals surface area contributed by atoms with E-state index in [9.17, 15) is 0 Å². The fourth-order valence-corrected chi connectivity index (χ4v) is 10.4. The SMILES string of the molecule is c1ccc2c(c1)C1(CC23SCCS3)SCCS1. The molecule has 0 aromatic heterocycles. The lowest BCUT2D eigenvalue weighted by Gasteiger charge is -2.26. The monoisotopic (exact) mass is 298 g/mol. The van der Waals surface area contributed by atoms with Crippen molar-refractivity contribution in [3.8, 4) is 0 Å². The van der Waals surface area contributed by atoms with Crippen molar-refractivity contribution in [3.05, 3.63) is 35.4 Å². The predicted molar refractivity (Wildman–Crippen MR) is 84.2 cm³/mol. The number of hydrogen-bond acceptors (Lipinski definition) is 4. The lowest BCUT2D eigenvalue weighted by molar-refractivity contribution is 0.792. The molecule has 3 aliphatic rings. The molecular weight excluding hydrogens is 284 g/mol. The minimum Gasteiger partial charge on any atom is -0.138 e. The van der Waals surface area contributed by atoms with Crippen LogP contribution in [0.1, 0.15) is 17.5 Å². The molecule has 2 heterocycles. The van der Waals surface area contributed by atoms with Gasteiger partial charge in [0, 0.05) is 29.4 Å². The molecule has 2 aliphatic heterocycles. The van der Waals surface area contributed by atoms with Gasteiger partial charge in [-0.3, -0.25) is 0 Å². The highest BCUT2D eigenvalue weighted by molar-refractivity contribution is 8.22. The average Bonchev–Trinajstić information content (AvgIpc) is 3.06. The van der Waals surface area contributed by atoms with Crippen LogP contribution in [0.2, 0.25) is 0 Å². The largest absolute Gasteiger partial charge is 0.138 e. The molecular formula is C13H14S4. The fourth-order valence-electron chi connectivity index (χ4n) is 3.07. The molecule has 0 bridgehead atoms. The van der Waals surface area contributed by atoms with Gasteiger partial charge in [-0.05, 0) is 11.1 Å². The third kappa shape index (κ3) is 1.57. The molecule has 0 amide bonds. The number of fused-ring (bicyclic) bond motifs is 3. The van der Waals surface area contributed by atoms with Crippen molar-refractivity contribution >= 4 is 47.0 Å². The molecule has 1 aromatic rings. The number of hydrogen-bond donors (Lipinski definition) is 0. The smallest absolute Gasteiger partial charge is 0.0888 e. The summed E-state index contributed by atoms with van der Waals surface area (Å²) in [4.78, 5) is 0. The van der Waals surface area contributed by atoms with E-state index >= 15 is 0 Å². The maximum atomic E-state index is 2.38. The standard InChI is InChI=1S/C13H14S4/c1-2-4-11-10(3-1)12(14-5-6-15-12)9-13(11)16-7-8-17-13/h1-4H,5-9H2. The summed E-state index contributed by atoms with van der Waals surface area (Å²) < 4.78 is 0.780. The van der Waals surface area contributed by atoms with Crippen molar-refractivity contribution in [2.24, 2.45) is 0 Å². The Morgan fingerprint density at radius 2 is 1.12 bits per heavy atom. The van der Waals surface area contributed by atoms with Gasteiger partial charge in [0.25, 0.3) is 0 Å². The fraction of sp³-hybridized carbons (Fsp3) is 0.538. The van der Waals surface area contributed by atoms with E-state index < -0.39 is 0 Å². The molecule has 2 saturated heterocycles. The second-order valence-corrected chi connectivity index (χ2v) is 10.7. The summed E-state index contributed by atoms with van der Waals surface area (Å²) in [7, 11) is 0. The molecule has 0 atom stereocenters. The van der Waals surface area contributed by atoms with Crippen molar-refractivity contribution < 1.29 is 0 Å². The summed E-state index contributed by atoms with van der Waals surface area (Å²) in [6.07, 6.45) is 1.34. The molecule has 1 aromatic carbocycles. The van der Waals surface area contributed by atoms with Crippen LogP contribution < -0.4 is 0 Å². The van der Waals surface area contributed by atoms with Crippen molar-refractivity contribution in [2.75, 3.05) is 23.0 Å². The van der Waals surface area contributed by atoms with Gasteiger partial charge < -0.3 is 0 Å². The molecule has 4 heteroatoms. The van der Waals surface area contributed by atoms with Gasteiger partial charge >= 0.3 is 0 Å². The van der Waals surface area contributed by atoms with Crippen LogP contribution in [-0.4, -0.2) is 23.0 Å². The molecule has 0 saturated carbocycles. The highest BCUT2D eigenvalue weighted by Crippen LogP contribution is 2.71. The summed E-state index contributed by atoms with van der Waals surface area (Å²) in [5.41, 5.74) is 3.27. The Morgan fingerprint density at radius 1 is 0.706 bits per heavy atom. The highest BCUT2D eigenvalue weighted by Gasteiger charge is 2.56. The van der Waals surface area contributed by atoms with Crippen LogP contribution in [0.4, 0.5) is 0 Å². The third-order valence-corrected chi connectivity index (χ3v) is 10.6. The van der Waals surface area contributed by atoms with E-state index in [1.807, 2.05) is 0 Å². The van der Waals surface area contributed by atoms with Crippen LogP contribution in [-0.2, 0) is 8.16 Å². The molecule has 2 spiro atoms. The first-order valence-corrected chi connectivity index (χ1v) is 9.95. The number of benzene rings is 1. The van der Waals surface area contributed by atoms with Gasteiger partial charge in [0.1, 0.15) is 0 Å². The minimum atomic E-state index is 0.390. The Labute approximate surface area is 119 Å². The van der Waals surface area contributed by atoms with E-state index in [1.54, 1.807) is 11.1 Å². The molecule has 0 nitrogen and oxygen atoms in total. The molecule has 90 valence electrons. The van der Waals surface area contributed by atoms with Crippen molar-refractivity contribution in [2.45, 2.75) is 14.6 Å². The zero-order valence-corrected chi connectivity index (χ0v) is 12.7. The lowest BCUT2D eigenvalue weighted by atomic mass is 10.1. The molecule has 4 rings (SSSR count). The van der Waals surface area contributed by atoms with Gasteiger partial charge in [-0.2, -0.15) is 0 Å². The van der Waals surface area contributed by atoms with E-state index in [0.717, 1.165) is 0 Å². The van der Waals surface area contributed by atoms with Gasteiger partial charge in [0.05, 0.1) is 8.16 Å². The maximum Gasteiger partial charge on any atom is 0.0888 e. The van der Waals surface area contributed by atoms with Crippen LogP contribution in [0, 0.1) is 0 Å². The molecule has 2 fully saturated rings. The quantitative estimate of drug-likeness (QED) is 0.698. The zero-order chi connectivity index (χ0) is 11.3. The van der Waals surface area contributed by atoms with Crippen molar-refractivity contribution in [3.63, 3.8) is 0 Å². The summed E-state index contributed by atoms with van der Waals surface area (Å²) in [5.74, 6) is 5.30. The summed E-state index contributed by atoms with van der Waals surface area (Å²) in [6, 6.07) is 9.22. The Hall–Kier alpha value is 0.620. The first-order valence-electron chi connectivity index (χ1n) is 6.01. The normalized spacial score (nSPS) is 28.0. The Balaban J connectivity index is 1.89. The lowest BCUT2D eigenvalue weighted by Crippen LogP contribution is -2.14.